The van der Waals surface area contributed by atoms with Crippen molar-refractivity contribution >= 4 is 41.3 Å². The minimum Gasteiger partial charge on any atom is -0.396 e. The maximum atomic E-state index is 9.25. The Morgan fingerprint density at radius 1 is 1.52 bits per heavy atom. The fraction of sp³-hybridized carbons (Fsp3) is 0.733. The van der Waals surface area contributed by atoms with Crippen LogP contribution in [0.4, 0.5) is 0 Å². The summed E-state index contributed by atoms with van der Waals surface area (Å²) in [5, 5.41) is 19.1. The van der Waals surface area contributed by atoms with E-state index < -0.39 is 0 Å². The molecule has 0 amide bonds. The number of nitrogens with zero attached hydrogens (tertiary/aromatic N) is 2. The Kier molecular flexibility index (Phi) is 9.33. The molecule has 0 aliphatic carbocycles. The van der Waals surface area contributed by atoms with Gasteiger partial charge in [0, 0.05) is 50.6 Å². The summed E-state index contributed by atoms with van der Waals surface area (Å²) in [5.74, 6) is 0.788. The van der Waals surface area contributed by atoms with Gasteiger partial charge in [0.2, 0.25) is 0 Å². The molecule has 3 N–H and O–H groups in total. The molecule has 6 nitrogen and oxygen atoms in total. The third kappa shape index (κ3) is 6.52. The van der Waals surface area contributed by atoms with Crippen LogP contribution in [0, 0.1) is 12.3 Å². The number of aryl methyl sites for hydroxylation is 1. The summed E-state index contributed by atoms with van der Waals surface area (Å²) in [7, 11) is 1.77. The van der Waals surface area contributed by atoms with Crippen molar-refractivity contribution in [3.8, 4) is 0 Å². The molecule has 8 heteroatoms. The van der Waals surface area contributed by atoms with Crippen LogP contribution in [0.15, 0.2) is 10.4 Å². The molecule has 0 bridgehead atoms. The highest BCUT2D eigenvalue weighted by molar-refractivity contribution is 14.0. The van der Waals surface area contributed by atoms with E-state index in [1.165, 1.54) is 0 Å². The summed E-state index contributed by atoms with van der Waals surface area (Å²) in [6.07, 6.45) is 2.63. The lowest BCUT2D eigenvalue weighted by Gasteiger charge is -2.27. The van der Waals surface area contributed by atoms with Gasteiger partial charge in [-0.05, 0) is 19.8 Å². The SMILES string of the molecule is CN=C(NCCc1csc(C)n1)NCC1(CCO)CCOC1.I. The summed E-state index contributed by atoms with van der Waals surface area (Å²) < 4.78 is 5.50. The van der Waals surface area contributed by atoms with E-state index in [2.05, 4.69) is 26.0 Å². The average molecular weight is 454 g/mol. The lowest BCUT2D eigenvalue weighted by Crippen LogP contribution is -2.45. The summed E-state index contributed by atoms with van der Waals surface area (Å²) in [6, 6.07) is 0. The number of hydrogen-bond acceptors (Lipinski definition) is 5. The molecule has 1 aliphatic heterocycles. The molecule has 0 radical (unpaired) electrons. The Labute approximate surface area is 159 Å². The van der Waals surface area contributed by atoms with Crippen LogP contribution in [-0.4, -0.2) is 56.0 Å². The summed E-state index contributed by atoms with van der Waals surface area (Å²) in [6.45, 7) is 5.26. The van der Waals surface area contributed by atoms with Gasteiger partial charge in [0.15, 0.2) is 5.96 Å². The van der Waals surface area contributed by atoms with Gasteiger partial charge in [-0.25, -0.2) is 4.98 Å². The first kappa shape index (κ1) is 20.6. The summed E-state index contributed by atoms with van der Waals surface area (Å²) in [5.41, 5.74) is 1.14. The van der Waals surface area contributed by atoms with Crippen molar-refractivity contribution < 1.29 is 9.84 Å². The summed E-state index contributed by atoms with van der Waals surface area (Å²) >= 11 is 1.68. The second kappa shape index (κ2) is 10.4. The molecule has 132 valence electrons. The number of nitrogens with one attached hydrogen (secondary N) is 2. The van der Waals surface area contributed by atoms with Crippen molar-refractivity contribution in [2.75, 3.05) is 40.0 Å². The van der Waals surface area contributed by atoms with Crippen molar-refractivity contribution in [2.45, 2.75) is 26.2 Å². The number of halogens is 1. The van der Waals surface area contributed by atoms with Gasteiger partial charge in [0.1, 0.15) is 0 Å². The van der Waals surface area contributed by atoms with Gasteiger partial charge < -0.3 is 20.5 Å². The highest BCUT2D eigenvalue weighted by Crippen LogP contribution is 2.31. The molecule has 1 saturated heterocycles. The molecule has 23 heavy (non-hydrogen) atoms. The van der Waals surface area contributed by atoms with Gasteiger partial charge in [-0.2, -0.15) is 0 Å². The van der Waals surface area contributed by atoms with Crippen LogP contribution in [0.3, 0.4) is 0 Å². The van der Waals surface area contributed by atoms with Gasteiger partial charge in [-0.3, -0.25) is 4.99 Å². The van der Waals surface area contributed by atoms with Crippen LogP contribution in [0.5, 0.6) is 0 Å². The molecule has 1 atom stereocenters. The van der Waals surface area contributed by atoms with Crippen LogP contribution in [0.2, 0.25) is 0 Å². The van der Waals surface area contributed by atoms with E-state index in [1.54, 1.807) is 18.4 Å². The molecule has 1 aliphatic rings. The average Bonchev–Trinajstić information content (AvgIpc) is 3.13. The molecule has 2 heterocycles. The molecule has 0 aromatic carbocycles. The van der Waals surface area contributed by atoms with E-state index in [-0.39, 0.29) is 36.0 Å². The van der Waals surface area contributed by atoms with E-state index >= 15 is 0 Å². The monoisotopic (exact) mass is 454 g/mol. The largest absolute Gasteiger partial charge is 0.396 e. The highest BCUT2D eigenvalue weighted by atomic mass is 127. The van der Waals surface area contributed by atoms with Gasteiger partial charge in [0.25, 0.3) is 0 Å². The lowest BCUT2D eigenvalue weighted by molar-refractivity contribution is 0.127. The second-order valence-electron chi connectivity index (χ2n) is 5.74. The predicted octanol–water partition coefficient (Wildman–Crippen LogP) is 1.57. The van der Waals surface area contributed by atoms with Crippen molar-refractivity contribution in [3.05, 3.63) is 16.1 Å². The number of thiazole rings is 1. The highest BCUT2D eigenvalue weighted by Gasteiger charge is 2.34. The van der Waals surface area contributed by atoms with E-state index in [0.29, 0.717) is 6.61 Å². The molecular weight excluding hydrogens is 427 g/mol. The van der Waals surface area contributed by atoms with E-state index in [4.69, 9.17) is 4.74 Å². The molecule has 1 unspecified atom stereocenters. The first-order valence-electron chi connectivity index (χ1n) is 7.71. The van der Waals surface area contributed by atoms with Gasteiger partial charge in [-0.15, -0.1) is 35.3 Å². The van der Waals surface area contributed by atoms with Gasteiger partial charge in [0.05, 0.1) is 17.3 Å². The van der Waals surface area contributed by atoms with Crippen molar-refractivity contribution in [3.63, 3.8) is 0 Å². The number of hydrogen-bond donors (Lipinski definition) is 3. The molecule has 1 fully saturated rings. The topological polar surface area (TPSA) is 78.8 Å². The molecule has 2 rings (SSSR count). The molecular formula is C15H27IN4O2S. The Balaban J connectivity index is 0.00000264. The van der Waals surface area contributed by atoms with E-state index in [1.807, 2.05) is 6.92 Å². The third-order valence-electron chi connectivity index (χ3n) is 4.02. The fourth-order valence-electron chi connectivity index (χ4n) is 2.64. The van der Waals surface area contributed by atoms with Crippen molar-refractivity contribution in [1.82, 2.24) is 15.6 Å². The quantitative estimate of drug-likeness (QED) is 0.331. The Morgan fingerprint density at radius 3 is 2.91 bits per heavy atom. The molecule has 1 aromatic heterocycles. The Bertz CT molecular complexity index is 490. The number of ether oxygens (including phenoxy) is 1. The second-order valence-corrected chi connectivity index (χ2v) is 6.80. The first-order chi connectivity index (χ1) is 10.7. The third-order valence-corrected chi connectivity index (χ3v) is 4.84. The smallest absolute Gasteiger partial charge is 0.191 e. The lowest BCUT2D eigenvalue weighted by atomic mass is 9.84. The fourth-order valence-corrected chi connectivity index (χ4v) is 3.28. The number of aliphatic hydroxyl groups is 1. The van der Waals surface area contributed by atoms with Crippen LogP contribution in [-0.2, 0) is 11.2 Å². The zero-order valence-electron chi connectivity index (χ0n) is 13.8. The number of rotatable bonds is 7. The van der Waals surface area contributed by atoms with Gasteiger partial charge >= 0.3 is 0 Å². The summed E-state index contributed by atoms with van der Waals surface area (Å²) in [4.78, 5) is 8.70. The number of aromatic nitrogens is 1. The maximum absolute atomic E-state index is 9.25. The normalized spacial score (nSPS) is 21.1. The number of aliphatic hydroxyl groups excluding tert-OH is 1. The standard InChI is InChI=1S/C15H26N4O2S.HI/c1-12-19-13(9-22-12)3-6-17-14(16-2)18-10-15(4-7-20)5-8-21-11-15;/h9,20H,3-8,10-11H2,1-2H3,(H2,16,17,18);1H. The van der Waals surface area contributed by atoms with Gasteiger partial charge in [-0.1, -0.05) is 0 Å². The molecule has 0 spiro atoms. The van der Waals surface area contributed by atoms with Crippen LogP contribution >= 0.6 is 35.3 Å². The number of guanidine groups is 1. The Morgan fingerprint density at radius 2 is 2.35 bits per heavy atom. The minimum absolute atomic E-state index is 0. The predicted molar refractivity (Wildman–Crippen MR) is 105 cm³/mol. The van der Waals surface area contributed by atoms with Crippen LogP contribution < -0.4 is 10.6 Å². The zero-order chi connectivity index (χ0) is 15.8. The number of aliphatic imine (C=N–C) groups is 1. The van der Waals surface area contributed by atoms with Crippen LogP contribution in [0.25, 0.3) is 0 Å². The molecule has 1 aromatic rings. The van der Waals surface area contributed by atoms with Crippen LogP contribution in [0.1, 0.15) is 23.5 Å². The van der Waals surface area contributed by atoms with Crippen molar-refractivity contribution in [1.29, 1.82) is 0 Å². The Hall–Kier alpha value is -0.450. The zero-order valence-corrected chi connectivity index (χ0v) is 16.9. The van der Waals surface area contributed by atoms with Crippen molar-refractivity contribution in [2.24, 2.45) is 10.4 Å². The van der Waals surface area contributed by atoms with E-state index in [9.17, 15) is 5.11 Å². The van der Waals surface area contributed by atoms with E-state index in [0.717, 1.165) is 55.6 Å². The minimum atomic E-state index is 0. The first-order valence-corrected chi connectivity index (χ1v) is 8.59. The maximum Gasteiger partial charge on any atom is 0.191 e. The molecule has 0 saturated carbocycles.